The van der Waals surface area contributed by atoms with Crippen molar-refractivity contribution in [3.63, 3.8) is 0 Å². The molecule has 0 aliphatic carbocycles. The van der Waals surface area contributed by atoms with Crippen molar-refractivity contribution in [2.75, 3.05) is 0 Å². The average Bonchev–Trinajstić information content (AvgIpc) is 2.52. The highest BCUT2D eigenvalue weighted by atomic mass is 19.1. The molecule has 134 valence electrons. The van der Waals surface area contributed by atoms with Gasteiger partial charge in [-0.15, -0.1) is 0 Å². The minimum atomic E-state index is -1.04. The topological polar surface area (TPSA) is 125 Å². The highest BCUT2D eigenvalue weighted by molar-refractivity contribution is 5.91. The highest BCUT2D eigenvalue weighted by Gasteiger charge is 2.26. The molecule has 8 heteroatoms. The summed E-state index contributed by atoms with van der Waals surface area (Å²) in [6.45, 7) is 2.84. The van der Waals surface area contributed by atoms with Gasteiger partial charge in [0.2, 0.25) is 17.7 Å². The van der Waals surface area contributed by atoms with Crippen LogP contribution in [0.25, 0.3) is 0 Å². The summed E-state index contributed by atoms with van der Waals surface area (Å²) in [5.41, 5.74) is 5.77. The molecule has 0 aliphatic heterocycles. The molecule has 1 aromatic carbocycles. The van der Waals surface area contributed by atoms with Gasteiger partial charge in [0.05, 0.1) is 6.07 Å². The Morgan fingerprint density at radius 3 is 2.48 bits per heavy atom. The van der Waals surface area contributed by atoms with Crippen LogP contribution in [-0.4, -0.2) is 29.8 Å². The molecular formula is C17H21FN4O3. The van der Waals surface area contributed by atoms with Crippen molar-refractivity contribution in [1.29, 1.82) is 5.26 Å². The van der Waals surface area contributed by atoms with E-state index in [-0.39, 0.29) is 12.8 Å². The molecule has 3 atom stereocenters. The molecule has 0 radical (unpaired) electrons. The second-order valence-electron chi connectivity index (χ2n) is 5.82. The summed E-state index contributed by atoms with van der Waals surface area (Å²) in [6.07, 6.45) is 0.104. The third-order valence-corrected chi connectivity index (χ3v) is 3.49. The van der Waals surface area contributed by atoms with E-state index in [1.54, 1.807) is 13.0 Å². The lowest BCUT2D eigenvalue weighted by Gasteiger charge is -2.22. The van der Waals surface area contributed by atoms with Crippen molar-refractivity contribution < 1.29 is 18.8 Å². The molecule has 3 amide bonds. The third kappa shape index (κ3) is 6.99. The second kappa shape index (κ2) is 9.37. The number of nitriles is 1. The number of amides is 3. The van der Waals surface area contributed by atoms with Gasteiger partial charge in [0, 0.05) is 19.3 Å². The molecule has 0 saturated heterocycles. The monoisotopic (exact) mass is 348 g/mol. The number of rotatable bonds is 8. The van der Waals surface area contributed by atoms with Crippen molar-refractivity contribution in [3.8, 4) is 6.07 Å². The van der Waals surface area contributed by atoms with Crippen LogP contribution in [0.4, 0.5) is 4.39 Å². The van der Waals surface area contributed by atoms with E-state index in [0.29, 0.717) is 5.56 Å². The van der Waals surface area contributed by atoms with Crippen LogP contribution < -0.4 is 16.4 Å². The number of benzene rings is 1. The predicted molar refractivity (Wildman–Crippen MR) is 88.2 cm³/mol. The molecular weight excluding hydrogens is 327 g/mol. The van der Waals surface area contributed by atoms with Crippen LogP contribution in [0.5, 0.6) is 0 Å². The summed E-state index contributed by atoms with van der Waals surface area (Å²) in [5, 5.41) is 13.8. The molecule has 1 rings (SSSR count). The van der Waals surface area contributed by atoms with Gasteiger partial charge >= 0.3 is 0 Å². The van der Waals surface area contributed by atoms with Crippen molar-refractivity contribution in [3.05, 3.63) is 35.6 Å². The fourth-order valence-electron chi connectivity index (χ4n) is 2.28. The van der Waals surface area contributed by atoms with Gasteiger partial charge in [-0.1, -0.05) is 12.1 Å². The maximum Gasteiger partial charge on any atom is 0.243 e. The van der Waals surface area contributed by atoms with E-state index >= 15 is 0 Å². The summed E-state index contributed by atoms with van der Waals surface area (Å²) >= 11 is 0. The number of hydrogen-bond acceptors (Lipinski definition) is 4. The third-order valence-electron chi connectivity index (χ3n) is 3.49. The summed E-state index contributed by atoms with van der Waals surface area (Å²) in [7, 11) is 0. The Labute approximate surface area is 145 Å². The van der Waals surface area contributed by atoms with Crippen LogP contribution in [-0.2, 0) is 20.8 Å². The van der Waals surface area contributed by atoms with Gasteiger partial charge in [-0.25, -0.2) is 4.39 Å². The average molecular weight is 348 g/mol. The minimum Gasteiger partial charge on any atom is -0.368 e. The quantitative estimate of drug-likeness (QED) is 0.628. The summed E-state index contributed by atoms with van der Waals surface area (Å²) in [6, 6.07) is 5.56. The SMILES string of the molecule is CC(=O)N[C@H](Cc1cccc(F)c1)C(=O)N[C@H](C[C@H](C)C#N)C(N)=O. The van der Waals surface area contributed by atoms with Gasteiger partial charge < -0.3 is 16.4 Å². The van der Waals surface area contributed by atoms with Crippen molar-refractivity contribution >= 4 is 17.7 Å². The lowest BCUT2D eigenvalue weighted by atomic mass is 10.0. The largest absolute Gasteiger partial charge is 0.368 e. The zero-order valence-corrected chi connectivity index (χ0v) is 14.1. The van der Waals surface area contributed by atoms with Crippen molar-refractivity contribution in [2.24, 2.45) is 11.7 Å². The number of carbonyl (C=O) groups excluding carboxylic acids is 3. The first-order valence-electron chi connectivity index (χ1n) is 7.73. The van der Waals surface area contributed by atoms with Crippen LogP contribution in [0.1, 0.15) is 25.8 Å². The molecule has 0 fully saturated rings. The van der Waals surface area contributed by atoms with Gasteiger partial charge in [0.15, 0.2) is 0 Å². The Hall–Kier alpha value is -2.95. The van der Waals surface area contributed by atoms with E-state index in [1.165, 1.54) is 25.1 Å². The number of primary amides is 1. The first-order chi connectivity index (χ1) is 11.7. The lowest BCUT2D eigenvalue weighted by Crippen LogP contribution is -2.53. The molecule has 0 unspecified atom stereocenters. The number of carbonyl (C=O) groups is 3. The van der Waals surface area contributed by atoms with Crippen LogP contribution in [0, 0.1) is 23.1 Å². The van der Waals surface area contributed by atoms with Gasteiger partial charge in [-0.2, -0.15) is 5.26 Å². The van der Waals surface area contributed by atoms with E-state index in [2.05, 4.69) is 10.6 Å². The van der Waals surface area contributed by atoms with Gasteiger partial charge in [0.25, 0.3) is 0 Å². The van der Waals surface area contributed by atoms with E-state index in [0.717, 1.165) is 0 Å². The van der Waals surface area contributed by atoms with Crippen molar-refractivity contribution in [2.45, 2.75) is 38.8 Å². The lowest BCUT2D eigenvalue weighted by molar-refractivity contribution is -0.131. The molecule has 0 saturated carbocycles. The smallest absolute Gasteiger partial charge is 0.243 e. The summed E-state index contributed by atoms with van der Waals surface area (Å²) < 4.78 is 13.3. The van der Waals surface area contributed by atoms with Crippen LogP contribution in [0.2, 0.25) is 0 Å². The number of nitrogens with one attached hydrogen (secondary N) is 2. The Morgan fingerprint density at radius 2 is 1.96 bits per heavy atom. The standard InChI is InChI=1S/C17H21FN4O3/c1-10(9-19)6-14(16(20)24)22-17(25)15(21-11(2)23)8-12-4-3-5-13(18)7-12/h3-5,7,10,14-15H,6,8H2,1-2H3,(H2,20,24)(H,21,23)(H,22,25)/t10-,14+,15+/m0/s1. The molecule has 0 aromatic heterocycles. The second-order valence-corrected chi connectivity index (χ2v) is 5.82. The van der Waals surface area contributed by atoms with Gasteiger partial charge in [-0.05, 0) is 31.0 Å². The fourth-order valence-corrected chi connectivity index (χ4v) is 2.28. The minimum absolute atomic E-state index is 0.0441. The molecule has 0 heterocycles. The molecule has 1 aromatic rings. The Morgan fingerprint density at radius 1 is 1.28 bits per heavy atom. The summed E-state index contributed by atoms with van der Waals surface area (Å²) in [4.78, 5) is 35.3. The highest BCUT2D eigenvalue weighted by Crippen LogP contribution is 2.09. The maximum atomic E-state index is 13.3. The van der Waals surface area contributed by atoms with E-state index in [9.17, 15) is 18.8 Å². The van der Waals surface area contributed by atoms with Crippen molar-refractivity contribution in [1.82, 2.24) is 10.6 Å². The first-order valence-corrected chi connectivity index (χ1v) is 7.73. The van der Waals surface area contributed by atoms with E-state index < -0.39 is 41.5 Å². The Bertz CT molecular complexity index is 687. The van der Waals surface area contributed by atoms with E-state index in [4.69, 9.17) is 11.0 Å². The fraction of sp³-hybridized carbons (Fsp3) is 0.412. The molecule has 4 N–H and O–H groups in total. The molecule has 0 aliphatic rings. The van der Waals surface area contributed by atoms with Crippen LogP contribution in [0.3, 0.4) is 0 Å². The Kier molecular flexibility index (Phi) is 7.53. The maximum absolute atomic E-state index is 13.3. The normalized spacial score (nSPS) is 13.8. The van der Waals surface area contributed by atoms with Crippen LogP contribution >= 0.6 is 0 Å². The zero-order valence-electron chi connectivity index (χ0n) is 14.1. The van der Waals surface area contributed by atoms with Crippen LogP contribution in [0.15, 0.2) is 24.3 Å². The zero-order chi connectivity index (χ0) is 19.0. The number of nitrogens with two attached hydrogens (primary N) is 1. The number of hydrogen-bond donors (Lipinski definition) is 3. The first kappa shape index (κ1) is 20.1. The van der Waals surface area contributed by atoms with Gasteiger partial charge in [0.1, 0.15) is 17.9 Å². The molecule has 0 bridgehead atoms. The predicted octanol–water partition coefficient (Wildman–Crippen LogP) is 0.393. The number of halogens is 1. The molecule has 0 spiro atoms. The molecule has 25 heavy (non-hydrogen) atoms. The number of nitrogens with zero attached hydrogens (tertiary/aromatic N) is 1. The molecule has 7 nitrogen and oxygen atoms in total. The van der Waals surface area contributed by atoms with E-state index in [1.807, 2.05) is 6.07 Å². The van der Waals surface area contributed by atoms with Gasteiger partial charge in [-0.3, -0.25) is 14.4 Å². The Balaban J connectivity index is 2.89. The summed E-state index contributed by atoms with van der Waals surface area (Å²) in [5.74, 6) is -2.80.